The Morgan fingerprint density at radius 2 is 2.00 bits per heavy atom. The lowest BCUT2D eigenvalue weighted by Gasteiger charge is -2.11. The minimum Gasteiger partial charge on any atom is -0.494 e. The van der Waals surface area contributed by atoms with E-state index in [4.69, 9.17) is 24.4 Å². The molecule has 19 heavy (non-hydrogen) atoms. The fourth-order valence-electron chi connectivity index (χ4n) is 1.53. The molecule has 7 heteroatoms. The predicted octanol–water partition coefficient (Wildman–Crippen LogP) is 1.94. The summed E-state index contributed by atoms with van der Waals surface area (Å²) < 4.78 is 1.42. The summed E-state index contributed by atoms with van der Waals surface area (Å²) in [5.41, 5.74) is 0.209. The van der Waals surface area contributed by atoms with Crippen LogP contribution in [0.2, 0.25) is 0 Å². The molecule has 3 N–H and O–H groups in total. The van der Waals surface area contributed by atoms with E-state index in [0.717, 1.165) is 5.69 Å². The molecular formula is C12H11N3O2S2. The zero-order valence-electron chi connectivity index (χ0n) is 10.0. The van der Waals surface area contributed by atoms with Crippen LogP contribution >= 0.6 is 24.4 Å². The number of para-hydroxylation sites is 1. The standard InChI is InChI=1S/C12H11N3O2S2/c1-15-11(17)8(9(16)14-12(15)19)10(18)13-7-5-3-2-4-6-7/h2-6,17H,1H3,(H,13,18)(H,14,16,19). The number of aromatic amines is 1. The molecule has 0 unspecified atom stereocenters. The molecule has 0 bridgehead atoms. The maximum atomic E-state index is 11.8. The summed E-state index contributed by atoms with van der Waals surface area (Å²) in [6.07, 6.45) is 0. The van der Waals surface area contributed by atoms with Gasteiger partial charge in [-0.1, -0.05) is 30.4 Å². The molecule has 0 amide bonds. The molecule has 0 fully saturated rings. The summed E-state index contributed by atoms with van der Waals surface area (Å²) in [4.78, 5) is 14.4. The van der Waals surface area contributed by atoms with Crippen molar-refractivity contribution in [3.63, 3.8) is 0 Å². The van der Waals surface area contributed by atoms with Gasteiger partial charge in [-0.25, -0.2) is 0 Å². The minimum atomic E-state index is -0.519. The first kappa shape index (κ1) is 13.4. The fourth-order valence-corrected chi connectivity index (χ4v) is 2.01. The molecule has 0 spiro atoms. The van der Waals surface area contributed by atoms with Crippen LogP contribution in [0.1, 0.15) is 5.56 Å². The van der Waals surface area contributed by atoms with E-state index in [1.807, 2.05) is 18.2 Å². The van der Waals surface area contributed by atoms with Crippen LogP contribution in [-0.4, -0.2) is 19.6 Å². The monoisotopic (exact) mass is 293 g/mol. The van der Waals surface area contributed by atoms with Crippen molar-refractivity contribution in [1.82, 2.24) is 9.55 Å². The molecule has 1 heterocycles. The Labute approximate surface area is 119 Å². The molecular weight excluding hydrogens is 282 g/mol. The van der Waals surface area contributed by atoms with Crippen LogP contribution in [0.15, 0.2) is 35.1 Å². The second-order valence-electron chi connectivity index (χ2n) is 3.84. The van der Waals surface area contributed by atoms with Gasteiger partial charge in [0, 0.05) is 12.7 Å². The van der Waals surface area contributed by atoms with Crippen molar-refractivity contribution >= 4 is 35.1 Å². The van der Waals surface area contributed by atoms with Crippen molar-refractivity contribution in [2.75, 3.05) is 5.32 Å². The minimum absolute atomic E-state index is 0.00467. The highest BCUT2D eigenvalue weighted by Crippen LogP contribution is 2.14. The maximum absolute atomic E-state index is 11.8. The van der Waals surface area contributed by atoms with Crippen LogP contribution < -0.4 is 10.9 Å². The van der Waals surface area contributed by atoms with Gasteiger partial charge in [-0.15, -0.1) is 0 Å². The van der Waals surface area contributed by atoms with Crippen LogP contribution in [0.4, 0.5) is 5.69 Å². The number of nitrogens with zero attached hydrogens (tertiary/aromatic N) is 1. The second-order valence-corrected chi connectivity index (χ2v) is 4.63. The summed E-state index contributed by atoms with van der Waals surface area (Å²) in [6.45, 7) is 0. The van der Waals surface area contributed by atoms with Crippen LogP contribution in [-0.2, 0) is 7.05 Å². The summed E-state index contributed by atoms with van der Waals surface area (Å²) >= 11 is 10.0. The highest BCUT2D eigenvalue weighted by atomic mass is 32.1. The zero-order chi connectivity index (χ0) is 14.0. The summed E-state index contributed by atoms with van der Waals surface area (Å²) in [5.74, 6) is -0.262. The number of rotatable bonds is 2. The zero-order valence-corrected chi connectivity index (χ0v) is 11.6. The molecule has 0 aliphatic heterocycles. The van der Waals surface area contributed by atoms with Crippen molar-refractivity contribution < 1.29 is 5.11 Å². The highest BCUT2D eigenvalue weighted by Gasteiger charge is 2.15. The van der Waals surface area contributed by atoms with Crippen molar-refractivity contribution in [3.05, 3.63) is 51.0 Å². The number of anilines is 1. The van der Waals surface area contributed by atoms with Crippen molar-refractivity contribution in [2.24, 2.45) is 7.05 Å². The number of benzene rings is 1. The number of nitrogens with one attached hydrogen (secondary N) is 2. The lowest BCUT2D eigenvalue weighted by molar-refractivity contribution is 0.420. The number of aromatic hydroxyl groups is 1. The first-order valence-electron chi connectivity index (χ1n) is 5.39. The van der Waals surface area contributed by atoms with Gasteiger partial charge in [0.25, 0.3) is 5.56 Å². The van der Waals surface area contributed by atoms with Crippen molar-refractivity contribution in [1.29, 1.82) is 0 Å². The van der Waals surface area contributed by atoms with Gasteiger partial charge in [0.2, 0.25) is 5.88 Å². The smallest absolute Gasteiger partial charge is 0.265 e. The molecule has 0 aliphatic rings. The van der Waals surface area contributed by atoms with E-state index in [1.165, 1.54) is 4.57 Å². The molecule has 0 radical (unpaired) electrons. The van der Waals surface area contributed by atoms with Crippen LogP contribution in [0, 0.1) is 4.77 Å². The molecule has 2 aromatic rings. The van der Waals surface area contributed by atoms with E-state index in [9.17, 15) is 9.90 Å². The van der Waals surface area contributed by atoms with Gasteiger partial charge in [0.15, 0.2) is 4.77 Å². The summed E-state index contributed by atoms with van der Waals surface area (Å²) in [5, 5.41) is 12.8. The third-order valence-corrected chi connectivity index (χ3v) is 3.23. The van der Waals surface area contributed by atoms with E-state index < -0.39 is 5.56 Å². The highest BCUT2D eigenvalue weighted by molar-refractivity contribution is 7.81. The SMILES string of the molecule is Cn1c(O)c(C(=S)Nc2ccccc2)c(=O)[nH]c1=S. The third kappa shape index (κ3) is 2.72. The van der Waals surface area contributed by atoms with E-state index in [-0.39, 0.29) is 21.2 Å². The molecule has 0 saturated carbocycles. The summed E-state index contributed by atoms with van der Waals surface area (Å²) in [6, 6.07) is 9.14. The molecule has 1 aromatic carbocycles. The average molecular weight is 293 g/mol. The Balaban J connectivity index is 2.43. The first-order valence-corrected chi connectivity index (χ1v) is 6.21. The van der Waals surface area contributed by atoms with Crippen LogP contribution in [0.3, 0.4) is 0 Å². The molecule has 98 valence electrons. The van der Waals surface area contributed by atoms with Gasteiger partial charge in [0.1, 0.15) is 10.6 Å². The van der Waals surface area contributed by atoms with Crippen molar-refractivity contribution in [3.8, 4) is 5.88 Å². The Morgan fingerprint density at radius 3 is 2.63 bits per heavy atom. The Hall–Kier alpha value is -1.99. The lowest BCUT2D eigenvalue weighted by atomic mass is 10.2. The van der Waals surface area contributed by atoms with Gasteiger partial charge >= 0.3 is 0 Å². The first-order chi connectivity index (χ1) is 9.00. The average Bonchev–Trinajstić information content (AvgIpc) is 2.37. The molecule has 0 atom stereocenters. The van der Waals surface area contributed by atoms with Gasteiger partial charge < -0.3 is 10.4 Å². The number of hydrogen-bond donors (Lipinski definition) is 3. The van der Waals surface area contributed by atoms with E-state index >= 15 is 0 Å². The summed E-state index contributed by atoms with van der Waals surface area (Å²) in [7, 11) is 1.54. The topological polar surface area (TPSA) is 70.0 Å². The van der Waals surface area contributed by atoms with E-state index in [0.29, 0.717) is 0 Å². The number of H-pyrrole nitrogens is 1. The van der Waals surface area contributed by atoms with Crippen LogP contribution in [0.25, 0.3) is 0 Å². The Bertz CT molecular complexity index is 735. The normalized spacial score (nSPS) is 10.2. The van der Waals surface area contributed by atoms with Gasteiger partial charge in [0.05, 0.1) is 0 Å². The van der Waals surface area contributed by atoms with Crippen molar-refractivity contribution in [2.45, 2.75) is 0 Å². The molecule has 1 aromatic heterocycles. The predicted molar refractivity (Wildman–Crippen MR) is 80.3 cm³/mol. The Kier molecular flexibility index (Phi) is 3.77. The van der Waals surface area contributed by atoms with E-state index in [1.54, 1.807) is 19.2 Å². The quantitative estimate of drug-likeness (QED) is 0.738. The largest absolute Gasteiger partial charge is 0.494 e. The molecule has 2 rings (SSSR count). The number of aromatic nitrogens is 2. The lowest BCUT2D eigenvalue weighted by Crippen LogP contribution is -2.25. The molecule has 0 aliphatic carbocycles. The molecule has 5 nitrogen and oxygen atoms in total. The van der Waals surface area contributed by atoms with Gasteiger partial charge in [-0.3, -0.25) is 14.3 Å². The number of thiocarbonyl (C=S) groups is 1. The second kappa shape index (κ2) is 5.33. The maximum Gasteiger partial charge on any atom is 0.265 e. The van der Waals surface area contributed by atoms with Crippen LogP contribution in [0.5, 0.6) is 5.88 Å². The third-order valence-electron chi connectivity index (χ3n) is 2.55. The van der Waals surface area contributed by atoms with Gasteiger partial charge in [-0.05, 0) is 24.4 Å². The molecule has 0 saturated heterocycles. The van der Waals surface area contributed by atoms with E-state index in [2.05, 4.69) is 10.3 Å². The number of hydrogen-bond acceptors (Lipinski definition) is 4. The fraction of sp³-hybridized carbons (Fsp3) is 0.0833. The Morgan fingerprint density at radius 1 is 1.37 bits per heavy atom. The van der Waals surface area contributed by atoms with Gasteiger partial charge in [-0.2, -0.15) is 0 Å².